The summed E-state index contributed by atoms with van der Waals surface area (Å²) in [6.07, 6.45) is 4.56. The van der Waals surface area contributed by atoms with Crippen molar-refractivity contribution >= 4 is 23.6 Å². The second kappa shape index (κ2) is 8.46. The van der Waals surface area contributed by atoms with Crippen molar-refractivity contribution in [2.75, 3.05) is 31.6 Å². The third-order valence-corrected chi connectivity index (χ3v) is 4.04. The average molecular weight is 286 g/mol. The molecule has 1 N–H and O–H groups in total. The molecule has 0 unspecified atom stereocenters. The summed E-state index contributed by atoms with van der Waals surface area (Å²) in [5, 5.41) is 3.01. The van der Waals surface area contributed by atoms with Gasteiger partial charge in [0.05, 0.1) is 5.75 Å². The first-order valence-electron chi connectivity index (χ1n) is 7.09. The summed E-state index contributed by atoms with van der Waals surface area (Å²) < 4.78 is 0. The van der Waals surface area contributed by atoms with Gasteiger partial charge < -0.3 is 10.2 Å². The van der Waals surface area contributed by atoms with Crippen LogP contribution in [0.25, 0.3) is 0 Å². The van der Waals surface area contributed by atoms with Crippen LogP contribution in [0.2, 0.25) is 0 Å². The van der Waals surface area contributed by atoms with Crippen molar-refractivity contribution in [2.24, 2.45) is 11.8 Å². The molecule has 1 aliphatic heterocycles. The number of hydrogen-bond donors (Lipinski definition) is 1. The van der Waals surface area contributed by atoms with E-state index in [0.29, 0.717) is 11.7 Å². The fourth-order valence-corrected chi connectivity index (χ4v) is 2.66. The van der Waals surface area contributed by atoms with E-state index in [9.17, 15) is 9.59 Å². The normalized spacial score (nSPS) is 16.7. The number of amides is 2. The lowest BCUT2D eigenvalue weighted by Gasteiger charge is -2.31. The van der Waals surface area contributed by atoms with Gasteiger partial charge in [-0.1, -0.05) is 13.8 Å². The summed E-state index contributed by atoms with van der Waals surface area (Å²) in [6, 6.07) is 0. The van der Waals surface area contributed by atoms with Gasteiger partial charge in [0.2, 0.25) is 11.8 Å². The second-order valence-electron chi connectivity index (χ2n) is 5.56. The molecule has 0 aromatic rings. The largest absolute Gasteiger partial charge is 0.356 e. The third kappa shape index (κ3) is 5.85. The minimum Gasteiger partial charge on any atom is -0.356 e. The number of nitrogens with zero attached hydrogens (tertiary/aromatic N) is 1. The van der Waals surface area contributed by atoms with Crippen LogP contribution in [0.15, 0.2) is 0 Å². The van der Waals surface area contributed by atoms with Gasteiger partial charge in [0.1, 0.15) is 0 Å². The van der Waals surface area contributed by atoms with Crippen molar-refractivity contribution in [2.45, 2.75) is 33.1 Å². The molecule has 0 spiro atoms. The van der Waals surface area contributed by atoms with Crippen molar-refractivity contribution in [3.05, 3.63) is 0 Å². The summed E-state index contributed by atoms with van der Waals surface area (Å²) in [4.78, 5) is 25.6. The van der Waals surface area contributed by atoms with Gasteiger partial charge in [-0.25, -0.2) is 0 Å². The Labute approximate surface area is 120 Å². The molecule has 0 bridgehead atoms. The highest BCUT2D eigenvalue weighted by atomic mass is 32.2. The number of thioether (sulfide) groups is 1. The third-order valence-electron chi connectivity index (χ3n) is 3.51. The molecule has 110 valence electrons. The molecular weight excluding hydrogens is 260 g/mol. The minimum absolute atomic E-state index is 0.0884. The van der Waals surface area contributed by atoms with Gasteiger partial charge in [0.15, 0.2) is 0 Å². The summed E-state index contributed by atoms with van der Waals surface area (Å²) in [7, 11) is 0. The van der Waals surface area contributed by atoms with Crippen LogP contribution >= 0.6 is 11.8 Å². The zero-order valence-corrected chi connectivity index (χ0v) is 13.1. The Bertz CT molecular complexity index is 300. The number of hydrogen-bond acceptors (Lipinski definition) is 3. The Hall–Kier alpha value is -0.710. The van der Waals surface area contributed by atoms with Gasteiger partial charge in [0, 0.05) is 25.6 Å². The molecule has 0 atom stereocenters. The van der Waals surface area contributed by atoms with E-state index in [0.717, 1.165) is 38.9 Å². The number of rotatable bonds is 6. The van der Waals surface area contributed by atoms with Crippen molar-refractivity contribution in [1.29, 1.82) is 0 Å². The molecule has 1 fully saturated rings. The molecule has 5 heteroatoms. The van der Waals surface area contributed by atoms with E-state index in [1.807, 2.05) is 11.2 Å². The van der Waals surface area contributed by atoms with Crippen LogP contribution in [-0.2, 0) is 9.59 Å². The molecule has 0 aliphatic carbocycles. The van der Waals surface area contributed by atoms with Crippen LogP contribution in [0.3, 0.4) is 0 Å². The summed E-state index contributed by atoms with van der Waals surface area (Å²) in [5.41, 5.74) is 0. The van der Waals surface area contributed by atoms with Gasteiger partial charge in [0.25, 0.3) is 0 Å². The van der Waals surface area contributed by atoms with Crippen molar-refractivity contribution in [3.63, 3.8) is 0 Å². The molecule has 0 aromatic heterocycles. The molecule has 19 heavy (non-hydrogen) atoms. The van der Waals surface area contributed by atoms with Gasteiger partial charge in [-0.3, -0.25) is 9.59 Å². The smallest absolute Gasteiger partial charge is 0.232 e. The number of nitrogens with one attached hydrogen (secondary N) is 1. The van der Waals surface area contributed by atoms with Crippen LogP contribution in [0.1, 0.15) is 33.1 Å². The standard InChI is InChI=1S/C14H26N2O2S/c1-11(2)4-7-15-14(18)12-5-8-16(9-6-12)13(17)10-19-3/h11-12H,4-10H2,1-3H3,(H,15,18). The second-order valence-corrected chi connectivity index (χ2v) is 6.43. The van der Waals surface area contributed by atoms with Crippen LogP contribution in [-0.4, -0.2) is 48.4 Å². The summed E-state index contributed by atoms with van der Waals surface area (Å²) in [5.74, 6) is 1.62. The Kier molecular flexibility index (Phi) is 7.28. The monoisotopic (exact) mass is 286 g/mol. The van der Waals surface area contributed by atoms with Crippen LogP contribution in [0, 0.1) is 11.8 Å². The number of piperidine rings is 1. The lowest BCUT2D eigenvalue weighted by atomic mass is 9.96. The van der Waals surface area contributed by atoms with Gasteiger partial charge >= 0.3 is 0 Å². The topological polar surface area (TPSA) is 49.4 Å². The fraction of sp³-hybridized carbons (Fsp3) is 0.857. The number of likely N-dealkylation sites (tertiary alicyclic amines) is 1. The molecule has 4 nitrogen and oxygen atoms in total. The molecule has 0 saturated carbocycles. The lowest BCUT2D eigenvalue weighted by molar-refractivity contribution is -0.133. The zero-order chi connectivity index (χ0) is 14.3. The SMILES string of the molecule is CSCC(=O)N1CCC(C(=O)NCCC(C)C)CC1. The number of carbonyl (C=O) groups is 2. The van der Waals surface area contributed by atoms with E-state index < -0.39 is 0 Å². The quantitative estimate of drug-likeness (QED) is 0.809. The highest BCUT2D eigenvalue weighted by Crippen LogP contribution is 2.18. The maximum Gasteiger partial charge on any atom is 0.232 e. The zero-order valence-electron chi connectivity index (χ0n) is 12.3. The predicted octanol–water partition coefficient (Wildman–Crippen LogP) is 1.75. The van der Waals surface area contributed by atoms with E-state index in [2.05, 4.69) is 19.2 Å². The van der Waals surface area contributed by atoms with Gasteiger partial charge in [-0.05, 0) is 31.4 Å². The molecule has 0 radical (unpaired) electrons. The minimum atomic E-state index is 0.0884. The molecule has 1 heterocycles. The highest BCUT2D eigenvalue weighted by molar-refractivity contribution is 7.99. The first kappa shape index (κ1) is 16.3. The molecule has 1 saturated heterocycles. The number of carbonyl (C=O) groups excluding carboxylic acids is 2. The lowest BCUT2D eigenvalue weighted by Crippen LogP contribution is -2.43. The summed E-state index contributed by atoms with van der Waals surface area (Å²) in [6.45, 7) is 6.52. The molecule has 2 amide bonds. The Morgan fingerprint density at radius 1 is 1.32 bits per heavy atom. The Balaban J connectivity index is 2.25. The first-order chi connectivity index (χ1) is 9.04. The van der Waals surface area contributed by atoms with Crippen LogP contribution in [0.4, 0.5) is 0 Å². The van der Waals surface area contributed by atoms with Gasteiger partial charge in [-0.2, -0.15) is 11.8 Å². The molecule has 1 aliphatic rings. The van der Waals surface area contributed by atoms with Crippen molar-refractivity contribution < 1.29 is 9.59 Å². The first-order valence-corrected chi connectivity index (χ1v) is 8.48. The average Bonchev–Trinajstić information content (AvgIpc) is 2.38. The predicted molar refractivity (Wildman–Crippen MR) is 80.2 cm³/mol. The van der Waals surface area contributed by atoms with E-state index in [1.54, 1.807) is 11.8 Å². The van der Waals surface area contributed by atoms with Gasteiger partial charge in [-0.15, -0.1) is 0 Å². The summed E-state index contributed by atoms with van der Waals surface area (Å²) >= 11 is 1.55. The Morgan fingerprint density at radius 2 is 1.95 bits per heavy atom. The van der Waals surface area contributed by atoms with Crippen molar-refractivity contribution in [3.8, 4) is 0 Å². The van der Waals surface area contributed by atoms with E-state index >= 15 is 0 Å². The molecule has 0 aromatic carbocycles. The Morgan fingerprint density at radius 3 is 2.47 bits per heavy atom. The van der Waals surface area contributed by atoms with E-state index in [-0.39, 0.29) is 17.7 Å². The maximum absolute atomic E-state index is 12.0. The molecule has 1 rings (SSSR count). The van der Waals surface area contributed by atoms with Crippen molar-refractivity contribution in [1.82, 2.24) is 10.2 Å². The van der Waals surface area contributed by atoms with Crippen LogP contribution < -0.4 is 5.32 Å². The van der Waals surface area contributed by atoms with E-state index in [1.165, 1.54) is 0 Å². The fourth-order valence-electron chi connectivity index (χ4n) is 2.23. The van der Waals surface area contributed by atoms with Crippen LogP contribution in [0.5, 0.6) is 0 Å². The molecular formula is C14H26N2O2S. The maximum atomic E-state index is 12.0. The van der Waals surface area contributed by atoms with E-state index in [4.69, 9.17) is 0 Å². The highest BCUT2D eigenvalue weighted by Gasteiger charge is 2.26.